The minimum atomic E-state index is -0.439. The predicted molar refractivity (Wildman–Crippen MR) is 89.3 cm³/mol. The zero-order valence-electron chi connectivity index (χ0n) is 13.5. The summed E-state index contributed by atoms with van der Waals surface area (Å²) < 4.78 is 18.7. The van der Waals surface area contributed by atoms with Gasteiger partial charge in [0, 0.05) is 16.8 Å². The van der Waals surface area contributed by atoms with Crippen LogP contribution in [-0.4, -0.2) is 11.1 Å². The number of nitrogens with zero attached hydrogens (tertiary/aromatic N) is 2. The van der Waals surface area contributed by atoms with E-state index in [0.717, 1.165) is 16.9 Å². The molecule has 0 unspecified atom stereocenters. The number of amides is 1. The van der Waals surface area contributed by atoms with Gasteiger partial charge in [0.25, 0.3) is 5.91 Å². The molecule has 0 saturated carbocycles. The number of aromatic nitrogens is 1. The number of aryl methyl sites for hydroxylation is 2. The third-order valence-corrected chi connectivity index (χ3v) is 3.88. The first-order chi connectivity index (χ1) is 11.6. The Labute approximate surface area is 139 Å². The van der Waals surface area contributed by atoms with Crippen molar-refractivity contribution in [1.29, 1.82) is 0 Å². The van der Waals surface area contributed by atoms with E-state index in [2.05, 4.69) is 5.16 Å². The van der Waals surface area contributed by atoms with E-state index in [1.807, 2.05) is 44.2 Å². The Balaban J connectivity index is 2.01. The molecule has 4 nitrogen and oxygen atoms in total. The fraction of sp³-hybridized carbons (Fsp3) is 0.158. The van der Waals surface area contributed by atoms with E-state index in [4.69, 9.17) is 4.52 Å². The molecule has 0 spiro atoms. The van der Waals surface area contributed by atoms with Crippen LogP contribution in [0.3, 0.4) is 0 Å². The average molecular weight is 324 g/mol. The number of rotatable bonds is 4. The van der Waals surface area contributed by atoms with Crippen LogP contribution in [0.25, 0.3) is 0 Å². The number of hydrogen-bond acceptors (Lipinski definition) is 3. The zero-order chi connectivity index (χ0) is 17.1. The SMILES string of the molecule is Cc1noc(C)c1CN(C(=O)c1cccc(F)c1)c1ccccc1. The van der Waals surface area contributed by atoms with Gasteiger partial charge in [-0.3, -0.25) is 4.79 Å². The zero-order valence-corrected chi connectivity index (χ0v) is 13.5. The van der Waals surface area contributed by atoms with E-state index < -0.39 is 5.82 Å². The molecule has 0 bridgehead atoms. The van der Waals surface area contributed by atoms with Crippen LogP contribution in [0.5, 0.6) is 0 Å². The van der Waals surface area contributed by atoms with E-state index in [-0.39, 0.29) is 5.91 Å². The van der Waals surface area contributed by atoms with E-state index in [1.54, 1.807) is 11.0 Å². The quantitative estimate of drug-likeness (QED) is 0.720. The summed E-state index contributed by atoms with van der Waals surface area (Å²) in [5, 5.41) is 3.94. The van der Waals surface area contributed by atoms with E-state index in [0.29, 0.717) is 17.9 Å². The first kappa shape index (κ1) is 15.9. The second kappa shape index (κ2) is 6.66. The molecule has 1 aromatic heterocycles. The number of anilines is 1. The van der Waals surface area contributed by atoms with Crippen molar-refractivity contribution in [2.45, 2.75) is 20.4 Å². The summed E-state index contributed by atoms with van der Waals surface area (Å²) in [6.45, 7) is 3.95. The maximum Gasteiger partial charge on any atom is 0.258 e. The topological polar surface area (TPSA) is 46.3 Å². The fourth-order valence-electron chi connectivity index (χ4n) is 2.55. The molecule has 0 aliphatic rings. The highest BCUT2D eigenvalue weighted by Crippen LogP contribution is 2.23. The van der Waals surface area contributed by atoms with Crippen molar-refractivity contribution < 1.29 is 13.7 Å². The minimum absolute atomic E-state index is 0.277. The molecule has 0 atom stereocenters. The van der Waals surface area contributed by atoms with Crippen molar-refractivity contribution in [1.82, 2.24) is 5.16 Å². The number of hydrogen-bond donors (Lipinski definition) is 0. The summed E-state index contributed by atoms with van der Waals surface area (Å²) in [6, 6.07) is 15.0. The molecule has 122 valence electrons. The van der Waals surface area contributed by atoms with Crippen LogP contribution >= 0.6 is 0 Å². The molecule has 0 saturated heterocycles. The van der Waals surface area contributed by atoms with Crippen molar-refractivity contribution in [3.05, 3.63) is 83.0 Å². The lowest BCUT2D eigenvalue weighted by Crippen LogP contribution is -2.30. The van der Waals surface area contributed by atoms with Crippen molar-refractivity contribution in [3.63, 3.8) is 0 Å². The van der Waals surface area contributed by atoms with Gasteiger partial charge in [-0.2, -0.15) is 0 Å². The van der Waals surface area contributed by atoms with Crippen LogP contribution in [0.2, 0.25) is 0 Å². The maximum absolute atomic E-state index is 13.5. The summed E-state index contributed by atoms with van der Waals surface area (Å²) >= 11 is 0. The lowest BCUT2D eigenvalue weighted by atomic mass is 10.1. The van der Waals surface area contributed by atoms with Gasteiger partial charge >= 0.3 is 0 Å². The second-order valence-electron chi connectivity index (χ2n) is 5.54. The molecular weight excluding hydrogens is 307 g/mol. The maximum atomic E-state index is 13.5. The van der Waals surface area contributed by atoms with E-state index >= 15 is 0 Å². The van der Waals surface area contributed by atoms with E-state index in [9.17, 15) is 9.18 Å². The molecule has 0 N–H and O–H groups in total. The highest BCUT2D eigenvalue weighted by atomic mass is 19.1. The lowest BCUT2D eigenvalue weighted by Gasteiger charge is -2.23. The molecule has 2 aromatic carbocycles. The average Bonchev–Trinajstić information content (AvgIpc) is 2.91. The van der Waals surface area contributed by atoms with Gasteiger partial charge in [-0.15, -0.1) is 0 Å². The van der Waals surface area contributed by atoms with Gasteiger partial charge in [-0.05, 0) is 44.2 Å². The number of benzene rings is 2. The third-order valence-electron chi connectivity index (χ3n) is 3.88. The van der Waals surface area contributed by atoms with Gasteiger partial charge in [0.2, 0.25) is 0 Å². The first-order valence-electron chi connectivity index (χ1n) is 7.60. The largest absolute Gasteiger partial charge is 0.361 e. The van der Waals surface area contributed by atoms with Crippen LogP contribution in [0, 0.1) is 19.7 Å². The van der Waals surface area contributed by atoms with Gasteiger partial charge in [-0.1, -0.05) is 29.4 Å². The van der Waals surface area contributed by atoms with Crippen LogP contribution in [0.1, 0.15) is 27.4 Å². The summed E-state index contributed by atoms with van der Waals surface area (Å²) in [5.41, 5.74) is 2.61. The van der Waals surface area contributed by atoms with Gasteiger partial charge in [0.05, 0.1) is 12.2 Å². The number of halogens is 1. The molecule has 0 fully saturated rings. The number of carbonyl (C=O) groups excluding carboxylic acids is 1. The standard InChI is InChI=1S/C19H17FN2O2/c1-13-18(14(2)24-21-13)12-22(17-9-4-3-5-10-17)19(23)15-7-6-8-16(20)11-15/h3-11H,12H2,1-2H3. The van der Waals surface area contributed by atoms with Crippen molar-refractivity contribution >= 4 is 11.6 Å². The molecule has 3 rings (SSSR count). The van der Waals surface area contributed by atoms with Gasteiger partial charge < -0.3 is 9.42 Å². The molecule has 5 heteroatoms. The van der Waals surface area contributed by atoms with Crippen LogP contribution in [0.4, 0.5) is 10.1 Å². The first-order valence-corrected chi connectivity index (χ1v) is 7.60. The highest BCUT2D eigenvalue weighted by Gasteiger charge is 2.21. The summed E-state index contributed by atoms with van der Waals surface area (Å²) in [6.07, 6.45) is 0. The van der Waals surface area contributed by atoms with Crippen LogP contribution in [0.15, 0.2) is 59.1 Å². The Morgan fingerprint density at radius 2 is 1.88 bits per heavy atom. The molecule has 0 aliphatic heterocycles. The molecule has 3 aromatic rings. The van der Waals surface area contributed by atoms with Gasteiger partial charge in [0.15, 0.2) is 0 Å². The van der Waals surface area contributed by atoms with Crippen molar-refractivity contribution in [2.24, 2.45) is 0 Å². The molecule has 0 aliphatic carbocycles. The summed E-state index contributed by atoms with van der Waals surface area (Å²) in [7, 11) is 0. The normalized spacial score (nSPS) is 10.6. The third kappa shape index (κ3) is 3.20. The highest BCUT2D eigenvalue weighted by molar-refractivity contribution is 6.06. The van der Waals surface area contributed by atoms with E-state index in [1.165, 1.54) is 18.2 Å². The van der Waals surface area contributed by atoms with Crippen molar-refractivity contribution in [3.8, 4) is 0 Å². The molecule has 1 heterocycles. The van der Waals surface area contributed by atoms with Crippen molar-refractivity contribution in [2.75, 3.05) is 4.90 Å². The Bertz CT molecular complexity index is 839. The molecule has 1 amide bonds. The van der Waals surface area contributed by atoms with Crippen LogP contribution in [-0.2, 0) is 6.54 Å². The monoisotopic (exact) mass is 324 g/mol. The van der Waals surface area contributed by atoms with Gasteiger partial charge in [0.1, 0.15) is 11.6 Å². The Morgan fingerprint density at radius 3 is 2.50 bits per heavy atom. The Morgan fingerprint density at radius 1 is 1.12 bits per heavy atom. The molecule has 0 radical (unpaired) electrons. The van der Waals surface area contributed by atoms with Crippen LogP contribution < -0.4 is 4.90 Å². The minimum Gasteiger partial charge on any atom is -0.361 e. The summed E-state index contributed by atoms with van der Waals surface area (Å²) in [4.78, 5) is 14.6. The fourth-order valence-corrected chi connectivity index (χ4v) is 2.55. The lowest BCUT2D eigenvalue weighted by molar-refractivity contribution is 0.0984. The molecule has 24 heavy (non-hydrogen) atoms. The predicted octanol–water partition coefficient (Wildman–Crippen LogP) is 4.28. The number of carbonyl (C=O) groups is 1. The second-order valence-corrected chi connectivity index (χ2v) is 5.54. The molecular formula is C19H17FN2O2. The Hall–Kier alpha value is -2.95. The van der Waals surface area contributed by atoms with Gasteiger partial charge in [-0.25, -0.2) is 4.39 Å². The Kier molecular flexibility index (Phi) is 4.42. The number of para-hydroxylation sites is 1. The smallest absolute Gasteiger partial charge is 0.258 e. The summed E-state index contributed by atoms with van der Waals surface area (Å²) in [5.74, 6) is -0.0487.